The number of amidine groups is 2. The van der Waals surface area contributed by atoms with Crippen molar-refractivity contribution in [2.75, 3.05) is 0 Å². The van der Waals surface area contributed by atoms with E-state index >= 15 is 0 Å². The maximum absolute atomic E-state index is 6.62. The summed E-state index contributed by atoms with van der Waals surface area (Å²) < 4.78 is 6.62. The van der Waals surface area contributed by atoms with E-state index in [0.717, 1.165) is 63.1 Å². The zero-order valence-electron chi connectivity index (χ0n) is 32.0. The molecule has 4 nitrogen and oxygen atoms in total. The lowest BCUT2D eigenvalue weighted by Gasteiger charge is -2.23. The minimum atomic E-state index is -0.484. The number of nitrogens with one attached hydrogen (secondary N) is 1. The van der Waals surface area contributed by atoms with Crippen molar-refractivity contribution in [2.45, 2.75) is 24.9 Å². The van der Waals surface area contributed by atoms with Gasteiger partial charge in [0, 0.05) is 33.4 Å². The van der Waals surface area contributed by atoms with Gasteiger partial charge >= 0.3 is 0 Å². The molecule has 8 aromatic carbocycles. The predicted molar refractivity (Wildman–Crippen MR) is 239 cm³/mol. The highest BCUT2D eigenvalue weighted by Gasteiger charge is 2.25. The number of aryl methyl sites for hydroxylation is 1. The molecule has 0 aliphatic carbocycles. The summed E-state index contributed by atoms with van der Waals surface area (Å²) in [7, 11) is 0. The molecule has 1 aliphatic heterocycles. The van der Waals surface area contributed by atoms with Crippen LogP contribution in [0.4, 0.5) is 0 Å². The second-order valence-corrected chi connectivity index (χ2v) is 14.9. The molecule has 0 bridgehead atoms. The maximum Gasteiger partial charge on any atom is 0.170 e. The predicted octanol–water partition coefficient (Wildman–Crippen LogP) is 13.2. The van der Waals surface area contributed by atoms with E-state index in [2.05, 4.69) is 163 Å². The summed E-state index contributed by atoms with van der Waals surface area (Å²) in [6.07, 6.45) is 1.26. The Bertz CT molecular complexity index is 2740. The van der Waals surface area contributed by atoms with Gasteiger partial charge in [-0.1, -0.05) is 194 Å². The zero-order chi connectivity index (χ0) is 38.7. The van der Waals surface area contributed by atoms with Crippen molar-refractivity contribution in [3.63, 3.8) is 0 Å². The van der Waals surface area contributed by atoms with Crippen LogP contribution in [0, 0.1) is 0 Å². The molecule has 1 aliphatic rings. The van der Waals surface area contributed by atoms with Crippen LogP contribution in [0.2, 0.25) is 0 Å². The third-order valence-electron chi connectivity index (χ3n) is 11.2. The molecular formula is C54H41N3O. The molecule has 1 aromatic heterocycles. The lowest BCUT2D eigenvalue weighted by molar-refractivity contribution is 0.664. The zero-order valence-corrected chi connectivity index (χ0v) is 32.0. The molecule has 0 radical (unpaired) electrons. The van der Waals surface area contributed by atoms with Gasteiger partial charge in [0.05, 0.1) is 0 Å². The highest BCUT2D eigenvalue weighted by atomic mass is 16.3. The number of rotatable bonds is 10. The van der Waals surface area contributed by atoms with Crippen molar-refractivity contribution >= 4 is 33.6 Å². The molecule has 0 spiro atoms. The van der Waals surface area contributed by atoms with Gasteiger partial charge in [-0.25, -0.2) is 9.98 Å². The van der Waals surface area contributed by atoms with Crippen molar-refractivity contribution < 1.29 is 4.42 Å². The average Bonchev–Trinajstić information content (AvgIpc) is 3.69. The van der Waals surface area contributed by atoms with E-state index in [1.165, 1.54) is 38.9 Å². The number of nitrogens with zero attached hydrogens (tertiary/aromatic N) is 2. The summed E-state index contributed by atoms with van der Waals surface area (Å²) in [4.78, 5) is 10.6. The van der Waals surface area contributed by atoms with Gasteiger partial charge < -0.3 is 9.73 Å². The van der Waals surface area contributed by atoms with E-state index < -0.39 is 6.17 Å². The highest BCUT2D eigenvalue weighted by Crippen LogP contribution is 2.39. The van der Waals surface area contributed by atoms with E-state index in [4.69, 9.17) is 14.4 Å². The van der Waals surface area contributed by atoms with Crippen LogP contribution in [-0.2, 0) is 6.42 Å². The summed E-state index contributed by atoms with van der Waals surface area (Å²) in [5.41, 5.74) is 13.4. The lowest BCUT2D eigenvalue weighted by Crippen LogP contribution is -2.36. The first kappa shape index (κ1) is 35.1. The fourth-order valence-electron chi connectivity index (χ4n) is 8.28. The molecule has 0 saturated carbocycles. The molecule has 9 aromatic rings. The Hall–Kier alpha value is -7.30. The van der Waals surface area contributed by atoms with Gasteiger partial charge in [-0.05, 0) is 63.9 Å². The summed E-state index contributed by atoms with van der Waals surface area (Å²) in [6, 6.07) is 72.9. The summed E-state index contributed by atoms with van der Waals surface area (Å²) in [6.45, 7) is 0. The Labute approximate surface area is 338 Å². The highest BCUT2D eigenvalue weighted by molar-refractivity contribution is 6.16. The van der Waals surface area contributed by atoms with Crippen molar-refractivity contribution in [2.24, 2.45) is 9.98 Å². The van der Waals surface area contributed by atoms with E-state index in [1.54, 1.807) is 0 Å². The average molecular weight is 748 g/mol. The molecule has 0 fully saturated rings. The molecule has 0 saturated heterocycles. The fraction of sp³-hybridized carbons (Fsp3) is 0.0741. The molecule has 10 rings (SSSR count). The Morgan fingerprint density at radius 2 is 0.897 bits per heavy atom. The smallest absolute Gasteiger partial charge is 0.170 e. The van der Waals surface area contributed by atoms with Crippen LogP contribution in [0.15, 0.2) is 221 Å². The Morgan fingerprint density at radius 3 is 1.41 bits per heavy atom. The van der Waals surface area contributed by atoms with Crippen LogP contribution < -0.4 is 5.32 Å². The number of aliphatic imine (C=N–C) groups is 2. The molecular weight excluding hydrogens is 707 g/mol. The van der Waals surface area contributed by atoms with E-state index in [0.29, 0.717) is 0 Å². The van der Waals surface area contributed by atoms with Gasteiger partial charge in [0.1, 0.15) is 22.8 Å². The monoisotopic (exact) mass is 747 g/mol. The first-order valence-electron chi connectivity index (χ1n) is 20.0. The van der Waals surface area contributed by atoms with Crippen LogP contribution in [-0.4, -0.2) is 11.7 Å². The normalized spacial score (nSPS) is 13.1. The van der Waals surface area contributed by atoms with Crippen molar-refractivity contribution in [1.29, 1.82) is 0 Å². The first-order chi connectivity index (χ1) is 28.7. The summed E-state index contributed by atoms with van der Waals surface area (Å²) in [5.74, 6) is 1.77. The SMILES string of the molecule is c1ccc(C2=NC(c3cc(CCC(c4ccc(-c5ccccc5)cc4)c4ccc(-c5ccccc5)cc4)cc4oc5ccccc5c34)N=C(c3ccccc3)N2)cc1. The Morgan fingerprint density at radius 1 is 0.448 bits per heavy atom. The van der Waals surface area contributed by atoms with Gasteiger partial charge in [-0.3, -0.25) is 0 Å². The molecule has 58 heavy (non-hydrogen) atoms. The summed E-state index contributed by atoms with van der Waals surface area (Å²) >= 11 is 0. The standard InChI is InChI=1S/C54H41N3O/c1-5-15-38(16-6-1)40-26-30-42(31-27-40)46(43-32-28-41(29-33-43)39-17-7-2-8-18-39)34-25-37-35-48(51-47-23-13-14-24-49(47)58-50(51)36-37)54-56-52(44-19-9-3-10-20-44)55-53(57-54)45-21-11-4-12-22-45/h1-24,26-33,35-36,46,54H,25,34H2,(H,55,56,57). The van der Waals surface area contributed by atoms with Crippen molar-refractivity contribution in [1.82, 2.24) is 5.32 Å². The van der Waals surface area contributed by atoms with Crippen LogP contribution in [0.25, 0.3) is 44.2 Å². The van der Waals surface area contributed by atoms with Gasteiger partial charge in [0.2, 0.25) is 0 Å². The van der Waals surface area contributed by atoms with Crippen molar-refractivity contribution in [3.8, 4) is 22.3 Å². The quantitative estimate of drug-likeness (QED) is 0.151. The molecule has 4 heteroatoms. The number of benzene rings is 8. The number of fused-ring (bicyclic) bond motifs is 3. The second-order valence-electron chi connectivity index (χ2n) is 14.9. The number of para-hydroxylation sites is 1. The number of hydrogen-bond donors (Lipinski definition) is 1. The fourth-order valence-corrected chi connectivity index (χ4v) is 8.28. The second kappa shape index (κ2) is 15.7. The molecule has 0 atom stereocenters. The molecule has 1 N–H and O–H groups in total. The third-order valence-corrected chi connectivity index (χ3v) is 11.2. The van der Waals surface area contributed by atoms with E-state index in [1.807, 2.05) is 48.5 Å². The van der Waals surface area contributed by atoms with Crippen LogP contribution >= 0.6 is 0 Å². The molecule has 2 heterocycles. The molecule has 0 amide bonds. The number of hydrogen-bond acceptors (Lipinski definition) is 4. The maximum atomic E-state index is 6.62. The van der Waals surface area contributed by atoms with Gasteiger partial charge in [-0.2, -0.15) is 0 Å². The Kier molecular flexibility index (Phi) is 9.50. The van der Waals surface area contributed by atoms with E-state index in [-0.39, 0.29) is 5.92 Å². The van der Waals surface area contributed by atoms with Crippen LogP contribution in [0.1, 0.15) is 51.9 Å². The largest absolute Gasteiger partial charge is 0.456 e. The first-order valence-corrected chi connectivity index (χ1v) is 20.0. The number of furan rings is 1. The van der Waals surface area contributed by atoms with Gasteiger partial charge in [0.15, 0.2) is 6.17 Å². The summed E-state index contributed by atoms with van der Waals surface area (Å²) in [5, 5.41) is 5.69. The minimum absolute atomic E-state index is 0.175. The molecule has 278 valence electrons. The van der Waals surface area contributed by atoms with Crippen molar-refractivity contribution in [3.05, 3.63) is 240 Å². The lowest BCUT2D eigenvalue weighted by atomic mass is 9.84. The Balaban J connectivity index is 1.06. The van der Waals surface area contributed by atoms with Crippen LogP contribution in [0.3, 0.4) is 0 Å². The van der Waals surface area contributed by atoms with Gasteiger partial charge in [0.25, 0.3) is 0 Å². The van der Waals surface area contributed by atoms with Gasteiger partial charge in [-0.15, -0.1) is 0 Å². The van der Waals surface area contributed by atoms with E-state index in [9.17, 15) is 0 Å². The minimum Gasteiger partial charge on any atom is -0.456 e. The van der Waals surface area contributed by atoms with Crippen LogP contribution in [0.5, 0.6) is 0 Å². The topological polar surface area (TPSA) is 49.9 Å². The third kappa shape index (κ3) is 7.13. The molecule has 0 unspecified atom stereocenters.